The first-order chi connectivity index (χ1) is 14.9. The molecule has 0 aliphatic carbocycles. The standard InChI is InChI=1S/C21H22BrN3O5S/c1-12-8-13(2-3-16(12)24-6-7-30-11-19(24)27)25-9-15(14(10-26)21(25)29)23-20(28)17-4-5-18(22)31-17/h2-5,8,14-15,26H,6-7,9-11H2,1H3,(H,23,28). The minimum Gasteiger partial charge on any atom is -0.395 e. The number of hydrogen-bond donors (Lipinski definition) is 2. The topological polar surface area (TPSA) is 99.2 Å². The molecule has 1 aromatic heterocycles. The monoisotopic (exact) mass is 507 g/mol. The molecule has 2 atom stereocenters. The van der Waals surface area contributed by atoms with Crippen molar-refractivity contribution >= 4 is 56.4 Å². The molecule has 2 aliphatic rings. The molecule has 0 spiro atoms. The van der Waals surface area contributed by atoms with Gasteiger partial charge in [-0.25, -0.2) is 0 Å². The van der Waals surface area contributed by atoms with Crippen LogP contribution in [0.3, 0.4) is 0 Å². The summed E-state index contributed by atoms with van der Waals surface area (Å²) in [6.07, 6.45) is 0. The number of morpholine rings is 1. The highest BCUT2D eigenvalue weighted by molar-refractivity contribution is 9.11. The number of carbonyl (C=O) groups excluding carboxylic acids is 3. The Balaban J connectivity index is 1.52. The summed E-state index contributed by atoms with van der Waals surface area (Å²) in [5, 5.41) is 12.7. The molecule has 164 valence electrons. The Hall–Kier alpha value is -2.27. The number of anilines is 2. The number of amides is 3. The van der Waals surface area contributed by atoms with Gasteiger partial charge >= 0.3 is 0 Å². The highest BCUT2D eigenvalue weighted by Crippen LogP contribution is 2.31. The van der Waals surface area contributed by atoms with Crippen molar-refractivity contribution in [3.05, 3.63) is 44.6 Å². The lowest BCUT2D eigenvalue weighted by molar-refractivity contribution is -0.125. The van der Waals surface area contributed by atoms with E-state index in [2.05, 4.69) is 21.2 Å². The third kappa shape index (κ3) is 4.38. The summed E-state index contributed by atoms with van der Waals surface area (Å²) < 4.78 is 6.03. The number of aliphatic hydroxyl groups excluding tert-OH is 1. The van der Waals surface area contributed by atoms with Gasteiger partial charge < -0.3 is 25.0 Å². The number of nitrogens with zero attached hydrogens (tertiary/aromatic N) is 2. The molecule has 2 aromatic rings. The van der Waals surface area contributed by atoms with Crippen molar-refractivity contribution in [2.45, 2.75) is 13.0 Å². The van der Waals surface area contributed by atoms with Gasteiger partial charge in [0.2, 0.25) is 5.91 Å². The Morgan fingerprint density at radius 2 is 2.10 bits per heavy atom. The van der Waals surface area contributed by atoms with Gasteiger partial charge in [0, 0.05) is 24.5 Å². The number of ether oxygens (including phenoxy) is 1. The van der Waals surface area contributed by atoms with E-state index in [1.807, 2.05) is 19.1 Å². The van der Waals surface area contributed by atoms with E-state index in [-0.39, 0.29) is 37.5 Å². The van der Waals surface area contributed by atoms with Crippen LogP contribution in [0.4, 0.5) is 11.4 Å². The van der Waals surface area contributed by atoms with Crippen molar-refractivity contribution < 1.29 is 24.2 Å². The summed E-state index contributed by atoms with van der Waals surface area (Å²) >= 11 is 4.64. The lowest BCUT2D eigenvalue weighted by Gasteiger charge is -2.29. The summed E-state index contributed by atoms with van der Waals surface area (Å²) in [4.78, 5) is 41.4. The van der Waals surface area contributed by atoms with Gasteiger partial charge in [0.05, 0.1) is 33.8 Å². The van der Waals surface area contributed by atoms with Crippen LogP contribution in [0, 0.1) is 12.8 Å². The number of halogens is 1. The lowest BCUT2D eigenvalue weighted by atomic mass is 10.0. The first-order valence-electron chi connectivity index (χ1n) is 9.86. The van der Waals surface area contributed by atoms with Crippen LogP contribution in [-0.2, 0) is 14.3 Å². The Morgan fingerprint density at radius 3 is 2.74 bits per heavy atom. The van der Waals surface area contributed by atoms with Gasteiger partial charge in [0.15, 0.2) is 0 Å². The average Bonchev–Trinajstić information content (AvgIpc) is 3.31. The van der Waals surface area contributed by atoms with E-state index >= 15 is 0 Å². The molecule has 10 heteroatoms. The van der Waals surface area contributed by atoms with Crippen molar-refractivity contribution in [1.82, 2.24) is 5.32 Å². The Labute approximate surface area is 191 Å². The van der Waals surface area contributed by atoms with Gasteiger partial charge in [-0.3, -0.25) is 14.4 Å². The van der Waals surface area contributed by atoms with Gasteiger partial charge in [0.1, 0.15) is 6.61 Å². The van der Waals surface area contributed by atoms with Gasteiger partial charge in [-0.1, -0.05) is 0 Å². The molecule has 1 aromatic carbocycles. The predicted molar refractivity (Wildman–Crippen MR) is 121 cm³/mol. The van der Waals surface area contributed by atoms with Crippen molar-refractivity contribution in [3.63, 3.8) is 0 Å². The minimum absolute atomic E-state index is 0.0617. The van der Waals surface area contributed by atoms with E-state index in [1.54, 1.807) is 28.0 Å². The molecule has 3 amide bonds. The maximum Gasteiger partial charge on any atom is 0.261 e. The average molecular weight is 508 g/mol. The van der Waals surface area contributed by atoms with Crippen LogP contribution in [-0.4, -0.2) is 61.8 Å². The van der Waals surface area contributed by atoms with Gasteiger partial charge in [-0.15, -0.1) is 11.3 Å². The predicted octanol–water partition coefficient (Wildman–Crippen LogP) is 1.94. The number of benzene rings is 1. The molecule has 2 fully saturated rings. The fraction of sp³-hybridized carbons (Fsp3) is 0.381. The van der Waals surface area contributed by atoms with Crippen molar-refractivity contribution in [3.8, 4) is 0 Å². The lowest BCUT2D eigenvalue weighted by Crippen LogP contribution is -2.42. The zero-order valence-corrected chi connectivity index (χ0v) is 19.2. The first kappa shape index (κ1) is 21.9. The molecule has 31 heavy (non-hydrogen) atoms. The summed E-state index contributed by atoms with van der Waals surface area (Å²) in [6.45, 7) is 2.83. The van der Waals surface area contributed by atoms with Crippen LogP contribution < -0.4 is 15.1 Å². The maximum absolute atomic E-state index is 12.9. The number of hydrogen-bond acceptors (Lipinski definition) is 6. The number of aliphatic hydroxyl groups is 1. The zero-order valence-electron chi connectivity index (χ0n) is 16.8. The normalized spacial score (nSPS) is 21.6. The second kappa shape index (κ2) is 9.07. The third-order valence-electron chi connectivity index (χ3n) is 5.53. The molecular formula is C21H22BrN3O5S. The molecule has 2 saturated heterocycles. The molecule has 0 bridgehead atoms. The fourth-order valence-corrected chi connectivity index (χ4v) is 5.22. The number of nitrogens with one attached hydrogen (secondary N) is 1. The first-order valence-corrected chi connectivity index (χ1v) is 11.5. The van der Waals surface area contributed by atoms with E-state index in [1.165, 1.54) is 11.3 Å². The van der Waals surface area contributed by atoms with E-state index in [0.29, 0.717) is 23.7 Å². The molecule has 2 unspecified atom stereocenters. The summed E-state index contributed by atoms with van der Waals surface area (Å²) in [6, 6.07) is 8.46. The number of carbonyl (C=O) groups is 3. The quantitative estimate of drug-likeness (QED) is 0.644. The van der Waals surface area contributed by atoms with E-state index < -0.39 is 12.0 Å². The van der Waals surface area contributed by atoms with Crippen molar-refractivity contribution in [2.75, 3.05) is 42.7 Å². The number of thiophene rings is 1. The third-order valence-corrected chi connectivity index (χ3v) is 7.15. The second-order valence-electron chi connectivity index (χ2n) is 7.49. The molecule has 0 radical (unpaired) electrons. The minimum atomic E-state index is -0.715. The SMILES string of the molecule is Cc1cc(N2CC(NC(=O)c3ccc(Br)s3)C(CO)C2=O)ccc1N1CCOCC1=O. The van der Waals surface area contributed by atoms with Crippen LogP contribution in [0.25, 0.3) is 0 Å². The van der Waals surface area contributed by atoms with Crippen molar-refractivity contribution in [1.29, 1.82) is 0 Å². The summed E-state index contributed by atoms with van der Waals surface area (Å²) in [5.74, 6) is -1.32. The van der Waals surface area contributed by atoms with Crippen LogP contribution >= 0.6 is 27.3 Å². The van der Waals surface area contributed by atoms with Gasteiger partial charge in [-0.05, 0) is 58.7 Å². The van der Waals surface area contributed by atoms with E-state index in [9.17, 15) is 19.5 Å². The molecule has 0 saturated carbocycles. The van der Waals surface area contributed by atoms with Gasteiger partial charge in [-0.2, -0.15) is 0 Å². The smallest absolute Gasteiger partial charge is 0.261 e. The van der Waals surface area contributed by atoms with Crippen LogP contribution in [0.15, 0.2) is 34.1 Å². The van der Waals surface area contributed by atoms with Crippen LogP contribution in [0.2, 0.25) is 0 Å². The fourth-order valence-electron chi connectivity index (χ4n) is 3.93. The highest BCUT2D eigenvalue weighted by Gasteiger charge is 2.41. The van der Waals surface area contributed by atoms with Crippen LogP contribution in [0.5, 0.6) is 0 Å². The zero-order chi connectivity index (χ0) is 22.1. The molecule has 2 aliphatic heterocycles. The van der Waals surface area contributed by atoms with Gasteiger partial charge in [0.25, 0.3) is 11.8 Å². The molecule has 3 heterocycles. The molecule has 4 rings (SSSR count). The summed E-state index contributed by atoms with van der Waals surface area (Å²) in [7, 11) is 0. The molecule has 2 N–H and O–H groups in total. The van der Waals surface area contributed by atoms with E-state index in [4.69, 9.17) is 4.74 Å². The van der Waals surface area contributed by atoms with Crippen molar-refractivity contribution in [2.24, 2.45) is 5.92 Å². The molecule has 8 nitrogen and oxygen atoms in total. The maximum atomic E-state index is 12.9. The number of rotatable bonds is 5. The number of aryl methyl sites for hydroxylation is 1. The largest absolute Gasteiger partial charge is 0.395 e. The van der Waals surface area contributed by atoms with E-state index in [0.717, 1.165) is 15.0 Å². The Kier molecular flexibility index (Phi) is 6.42. The second-order valence-corrected chi connectivity index (χ2v) is 9.95. The Bertz CT molecular complexity index is 1030. The summed E-state index contributed by atoms with van der Waals surface area (Å²) in [5.41, 5.74) is 2.31. The Morgan fingerprint density at radius 1 is 1.29 bits per heavy atom. The molecular weight excluding hydrogens is 486 g/mol. The van der Waals surface area contributed by atoms with Crippen LogP contribution in [0.1, 0.15) is 15.2 Å². The highest BCUT2D eigenvalue weighted by atomic mass is 79.9.